The largest absolute Gasteiger partial charge is 0.492 e. The Balaban J connectivity index is 1.52. The third-order valence-corrected chi connectivity index (χ3v) is 9.28. The lowest BCUT2D eigenvalue weighted by Gasteiger charge is -2.40. The molecule has 2 heterocycles. The van der Waals surface area contributed by atoms with Crippen LogP contribution < -0.4 is 0 Å². The van der Waals surface area contributed by atoms with Gasteiger partial charge in [0, 0.05) is 13.1 Å². The van der Waals surface area contributed by atoms with Crippen LogP contribution in [0.2, 0.25) is 0 Å². The fourth-order valence-corrected chi connectivity index (χ4v) is 6.25. The predicted octanol–water partition coefficient (Wildman–Crippen LogP) is 4.46. The Kier molecular flexibility index (Phi) is 6.25. The number of benzene rings is 2. The number of alkyl halides is 3. The number of carbonyl (C=O) groups is 1. The number of fused-ring (bicyclic) bond motifs is 1. The summed E-state index contributed by atoms with van der Waals surface area (Å²) in [5.41, 5.74) is -0.303. The predicted molar refractivity (Wildman–Crippen MR) is 123 cm³/mol. The van der Waals surface area contributed by atoms with Gasteiger partial charge < -0.3 is 10.0 Å². The molecule has 0 unspecified atom stereocenters. The molecule has 1 N–H and O–H groups in total. The molecule has 4 rings (SSSR count). The normalized spacial score (nSPS) is 16.0. The first-order valence-electron chi connectivity index (χ1n) is 11.0. The third-order valence-electron chi connectivity index (χ3n) is 6.68. The van der Waals surface area contributed by atoms with Gasteiger partial charge in [0.1, 0.15) is 0 Å². The van der Waals surface area contributed by atoms with Gasteiger partial charge in [-0.3, -0.25) is 4.79 Å². The number of aromatic hydroxyl groups is 1. The summed E-state index contributed by atoms with van der Waals surface area (Å²) in [4.78, 5) is 22.4. The van der Waals surface area contributed by atoms with Crippen LogP contribution in [0.4, 0.5) is 13.2 Å². The lowest BCUT2D eigenvalue weighted by Crippen LogP contribution is -2.47. The summed E-state index contributed by atoms with van der Waals surface area (Å²) in [6.07, 6.45) is -4.02. The highest BCUT2D eigenvalue weighted by Gasteiger charge is 2.45. The van der Waals surface area contributed by atoms with Gasteiger partial charge in [0.2, 0.25) is 5.88 Å². The number of nitrogens with zero attached hydrogens (tertiary/aromatic N) is 3. The van der Waals surface area contributed by atoms with Crippen LogP contribution in [0.1, 0.15) is 42.7 Å². The molecule has 1 aliphatic rings. The van der Waals surface area contributed by atoms with Crippen molar-refractivity contribution in [3.8, 4) is 5.88 Å². The van der Waals surface area contributed by atoms with Gasteiger partial charge in [-0.15, -0.1) is 0 Å². The first kappa shape index (κ1) is 24.9. The van der Waals surface area contributed by atoms with E-state index in [1.165, 1.54) is 24.8 Å². The number of halogens is 3. The molecule has 0 radical (unpaired) electrons. The van der Waals surface area contributed by atoms with Crippen LogP contribution in [0.5, 0.6) is 5.88 Å². The van der Waals surface area contributed by atoms with E-state index in [-0.39, 0.29) is 23.7 Å². The zero-order valence-corrected chi connectivity index (χ0v) is 19.9. The second kappa shape index (κ2) is 8.78. The van der Waals surface area contributed by atoms with E-state index in [1.807, 2.05) is 0 Å². The molecule has 11 heteroatoms. The number of amides is 1. The van der Waals surface area contributed by atoms with E-state index in [4.69, 9.17) is 0 Å². The molecule has 1 amide bonds. The number of hydrogen-bond donors (Lipinski definition) is 1. The molecule has 3 aromatic rings. The summed E-state index contributed by atoms with van der Waals surface area (Å²) in [6.45, 7) is 3.43. The van der Waals surface area contributed by atoms with Gasteiger partial charge >= 0.3 is 6.18 Å². The van der Waals surface area contributed by atoms with E-state index in [9.17, 15) is 31.5 Å². The van der Waals surface area contributed by atoms with Crippen LogP contribution in [0.3, 0.4) is 0 Å². The maximum Gasteiger partial charge on any atom is 0.416 e. The first-order valence-corrected chi connectivity index (χ1v) is 12.5. The minimum atomic E-state index is -4.65. The lowest BCUT2D eigenvalue weighted by atomic mass is 9.85. The van der Waals surface area contributed by atoms with Crippen molar-refractivity contribution >= 4 is 26.8 Å². The topological polar surface area (TPSA) is 100 Å². The number of hydrogen-bond acceptors (Lipinski definition) is 6. The van der Waals surface area contributed by atoms with E-state index in [1.54, 1.807) is 24.3 Å². The Labute approximate surface area is 200 Å². The van der Waals surface area contributed by atoms with Gasteiger partial charge in [0.05, 0.1) is 26.2 Å². The smallest absolute Gasteiger partial charge is 0.416 e. The highest BCUT2D eigenvalue weighted by molar-refractivity contribution is 7.92. The fourth-order valence-electron chi connectivity index (χ4n) is 4.42. The molecule has 0 saturated carbocycles. The molecule has 1 fully saturated rings. The average molecular weight is 508 g/mol. The summed E-state index contributed by atoms with van der Waals surface area (Å²) in [5, 5.41) is 10.2. The summed E-state index contributed by atoms with van der Waals surface area (Å²) in [5.74, 6) is -1.40. The van der Waals surface area contributed by atoms with Gasteiger partial charge in [0.25, 0.3) is 5.91 Å². The summed E-state index contributed by atoms with van der Waals surface area (Å²) in [7, 11) is -4.11. The van der Waals surface area contributed by atoms with Crippen molar-refractivity contribution in [1.29, 1.82) is 0 Å². The maximum absolute atomic E-state index is 13.3. The molecular weight excluding hydrogens is 483 g/mol. The second-order valence-electron chi connectivity index (χ2n) is 9.08. The van der Waals surface area contributed by atoms with Crippen LogP contribution in [-0.2, 0) is 16.0 Å². The molecule has 2 aromatic carbocycles. The van der Waals surface area contributed by atoms with Crippen LogP contribution in [0.15, 0.2) is 53.4 Å². The zero-order chi connectivity index (χ0) is 25.6. The lowest BCUT2D eigenvalue weighted by molar-refractivity contribution is -0.137. The van der Waals surface area contributed by atoms with Crippen molar-refractivity contribution < 1.29 is 31.5 Å². The van der Waals surface area contributed by atoms with Crippen LogP contribution >= 0.6 is 0 Å². The Morgan fingerprint density at radius 1 is 1.00 bits per heavy atom. The van der Waals surface area contributed by atoms with Crippen molar-refractivity contribution in [3.05, 3.63) is 59.8 Å². The highest BCUT2D eigenvalue weighted by atomic mass is 32.2. The number of sulfone groups is 1. The van der Waals surface area contributed by atoms with Crippen molar-refractivity contribution in [1.82, 2.24) is 14.9 Å². The molecule has 0 atom stereocenters. The van der Waals surface area contributed by atoms with E-state index in [0.717, 1.165) is 12.1 Å². The Morgan fingerprint density at radius 3 is 2.20 bits per heavy atom. The Hall–Kier alpha value is -3.21. The minimum absolute atomic E-state index is 0.182. The van der Waals surface area contributed by atoms with Crippen LogP contribution in [0, 0.1) is 5.92 Å². The van der Waals surface area contributed by atoms with Gasteiger partial charge in [-0.05, 0) is 62.9 Å². The van der Waals surface area contributed by atoms with Crippen molar-refractivity contribution in [2.75, 3.05) is 13.1 Å². The molecule has 1 aromatic heterocycles. The molecule has 0 aliphatic carbocycles. The number of para-hydroxylation sites is 2. The Morgan fingerprint density at radius 2 is 1.60 bits per heavy atom. The molecule has 7 nitrogen and oxygen atoms in total. The van der Waals surface area contributed by atoms with Crippen LogP contribution in [0.25, 0.3) is 11.0 Å². The number of piperidine rings is 1. The second-order valence-corrected chi connectivity index (χ2v) is 11.6. The van der Waals surface area contributed by atoms with Gasteiger partial charge in [0.15, 0.2) is 15.5 Å². The van der Waals surface area contributed by atoms with Gasteiger partial charge in [-0.2, -0.15) is 13.2 Å². The summed E-state index contributed by atoms with van der Waals surface area (Å²) < 4.78 is 64.7. The van der Waals surface area contributed by atoms with E-state index in [2.05, 4.69) is 9.97 Å². The molecule has 1 saturated heterocycles. The van der Waals surface area contributed by atoms with E-state index >= 15 is 0 Å². The SMILES string of the molecule is CC(C)(C1CCN(C(=O)c2nc3ccccc3nc2O)CC1)S(=O)(=O)c1cccc(C(F)(F)F)c1. The first-order chi connectivity index (χ1) is 16.3. The van der Waals surface area contributed by atoms with Crippen LogP contribution in [-0.4, -0.2) is 52.1 Å². The fraction of sp³-hybridized carbons (Fsp3) is 0.375. The highest BCUT2D eigenvalue weighted by Crippen LogP contribution is 2.39. The van der Waals surface area contributed by atoms with E-state index in [0.29, 0.717) is 29.9 Å². The molecule has 186 valence electrons. The molecular formula is C24H24F3N3O4S. The number of carbonyl (C=O) groups excluding carboxylic acids is 1. The number of rotatable bonds is 4. The number of likely N-dealkylation sites (tertiary alicyclic amines) is 1. The average Bonchev–Trinajstić information content (AvgIpc) is 2.82. The van der Waals surface area contributed by atoms with Crippen molar-refractivity contribution in [2.45, 2.75) is 42.5 Å². The van der Waals surface area contributed by atoms with Gasteiger partial charge in [-0.25, -0.2) is 18.4 Å². The number of aromatic nitrogens is 2. The van der Waals surface area contributed by atoms with Gasteiger partial charge in [-0.1, -0.05) is 18.2 Å². The molecule has 35 heavy (non-hydrogen) atoms. The molecule has 1 aliphatic heterocycles. The molecule has 0 bridgehead atoms. The summed E-state index contributed by atoms with van der Waals surface area (Å²) >= 11 is 0. The summed E-state index contributed by atoms with van der Waals surface area (Å²) in [6, 6.07) is 10.6. The Bertz CT molecular complexity index is 1380. The van der Waals surface area contributed by atoms with Crippen molar-refractivity contribution in [2.24, 2.45) is 5.92 Å². The van der Waals surface area contributed by atoms with E-state index < -0.39 is 44.0 Å². The quantitative estimate of drug-likeness (QED) is 0.560. The zero-order valence-electron chi connectivity index (χ0n) is 19.1. The van der Waals surface area contributed by atoms with Crippen molar-refractivity contribution in [3.63, 3.8) is 0 Å². The minimum Gasteiger partial charge on any atom is -0.492 e. The molecule has 0 spiro atoms. The standard InChI is InChI=1S/C24H24F3N3O4S/c1-23(2,35(33,34)17-7-5-6-16(14-17)24(25,26)27)15-10-12-30(13-11-15)22(32)20-21(31)29-19-9-4-3-8-18(19)28-20/h3-9,14-15H,10-13H2,1-2H3,(H,29,31). The maximum atomic E-state index is 13.3. The third kappa shape index (κ3) is 4.56. The monoisotopic (exact) mass is 507 g/mol.